The fourth-order valence-corrected chi connectivity index (χ4v) is 4.38. The fourth-order valence-electron chi connectivity index (χ4n) is 3.65. The molecule has 0 aliphatic carbocycles. The monoisotopic (exact) mass is 438 g/mol. The highest BCUT2D eigenvalue weighted by atomic mass is 32.2. The van der Waals surface area contributed by atoms with Gasteiger partial charge in [0, 0.05) is 19.2 Å². The van der Waals surface area contributed by atoms with Crippen molar-refractivity contribution in [2.75, 3.05) is 25.5 Å². The van der Waals surface area contributed by atoms with Gasteiger partial charge in [-0.2, -0.15) is 13.2 Å². The largest absolute Gasteiger partial charge is 0.490 e. The summed E-state index contributed by atoms with van der Waals surface area (Å²) in [5, 5.41) is 0.391. The Kier molecular flexibility index (Phi) is 6.08. The molecule has 0 saturated carbocycles. The molecule has 1 amide bonds. The van der Waals surface area contributed by atoms with Gasteiger partial charge in [0.25, 0.3) is 0 Å². The zero-order valence-electron chi connectivity index (χ0n) is 16.2. The highest BCUT2D eigenvalue weighted by Gasteiger charge is 2.32. The number of pyridine rings is 1. The number of hydrogen-bond donors (Lipinski definition) is 0. The minimum absolute atomic E-state index is 0.0455. The first-order chi connectivity index (χ1) is 14.4. The SMILES string of the molecule is O=C(CSc1ccc(C(F)(F)F)cn1)N1CCC[C@@H]1c1ccc2c(c1)OCCCO2. The van der Waals surface area contributed by atoms with Crippen LogP contribution in [0.1, 0.15) is 36.4 Å². The second kappa shape index (κ2) is 8.75. The van der Waals surface area contributed by atoms with E-state index < -0.39 is 11.7 Å². The third-order valence-corrected chi connectivity index (χ3v) is 6.07. The van der Waals surface area contributed by atoms with E-state index in [1.54, 1.807) is 0 Å². The molecular weight excluding hydrogens is 417 g/mol. The van der Waals surface area contributed by atoms with Crippen LogP contribution in [0.3, 0.4) is 0 Å². The van der Waals surface area contributed by atoms with E-state index in [1.165, 1.54) is 6.07 Å². The van der Waals surface area contributed by atoms with Gasteiger partial charge in [0.1, 0.15) is 0 Å². The summed E-state index contributed by atoms with van der Waals surface area (Å²) in [6.45, 7) is 1.87. The van der Waals surface area contributed by atoms with Crippen LogP contribution in [-0.4, -0.2) is 41.3 Å². The van der Waals surface area contributed by atoms with Crippen molar-refractivity contribution in [3.05, 3.63) is 47.7 Å². The molecule has 0 unspecified atom stereocenters. The number of likely N-dealkylation sites (tertiary alicyclic amines) is 1. The van der Waals surface area contributed by atoms with E-state index in [2.05, 4.69) is 4.98 Å². The molecule has 1 aromatic carbocycles. The smallest absolute Gasteiger partial charge is 0.417 e. The number of carbonyl (C=O) groups excluding carboxylic acids is 1. The van der Waals surface area contributed by atoms with Gasteiger partial charge < -0.3 is 14.4 Å². The maximum atomic E-state index is 12.8. The summed E-state index contributed by atoms with van der Waals surface area (Å²) in [6, 6.07) is 8.03. The topological polar surface area (TPSA) is 51.7 Å². The zero-order chi connectivity index (χ0) is 21.1. The van der Waals surface area contributed by atoms with Crippen LogP contribution in [0.25, 0.3) is 0 Å². The average Bonchev–Trinajstić information content (AvgIpc) is 3.10. The molecule has 4 rings (SSSR count). The van der Waals surface area contributed by atoms with Crippen molar-refractivity contribution in [3.63, 3.8) is 0 Å². The summed E-state index contributed by atoms with van der Waals surface area (Å²) in [5.74, 6) is 1.49. The highest BCUT2D eigenvalue weighted by molar-refractivity contribution is 7.99. The molecule has 1 saturated heterocycles. The lowest BCUT2D eigenvalue weighted by Crippen LogP contribution is -2.32. The number of halogens is 3. The molecule has 1 atom stereocenters. The van der Waals surface area contributed by atoms with E-state index >= 15 is 0 Å². The predicted molar refractivity (Wildman–Crippen MR) is 106 cm³/mol. The molecule has 30 heavy (non-hydrogen) atoms. The summed E-state index contributed by atoms with van der Waals surface area (Å²) < 4.78 is 49.4. The lowest BCUT2D eigenvalue weighted by Gasteiger charge is -2.25. The first kappa shape index (κ1) is 20.8. The quantitative estimate of drug-likeness (QED) is 0.647. The minimum atomic E-state index is -4.42. The van der Waals surface area contributed by atoms with Crippen LogP contribution in [0.5, 0.6) is 11.5 Å². The summed E-state index contributed by atoms with van der Waals surface area (Å²) in [7, 11) is 0. The number of alkyl halides is 3. The Balaban J connectivity index is 1.41. The molecule has 2 aliphatic rings. The maximum Gasteiger partial charge on any atom is 0.417 e. The van der Waals surface area contributed by atoms with Gasteiger partial charge in [-0.15, -0.1) is 0 Å². The second-order valence-electron chi connectivity index (χ2n) is 7.17. The van der Waals surface area contributed by atoms with Crippen LogP contribution in [0.2, 0.25) is 0 Å². The molecule has 3 heterocycles. The minimum Gasteiger partial charge on any atom is -0.490 e. The van der Waals surface area contributed by atoms with Crippen molar-refractivity contribution in [2.45, 2.75) is 36.5 Å². The zero-order valence-corrected chi connectivity index (χ0v) is 17.0. The third-order valence-electron chi connectivity index (χ3n) is 5.14. The maximum absolute atomic E-state index is 12.8. The van der Waals surface area contributed by atoms with Gasteiger partial charge in [-0.05, 0) is 42.7 Å². The summed E-state index contributed by atoms with van der Waals surface area (Å²) >= 11 is 1.14. The van der Waals surface area contributed by atoms with E-state index in [0.29, 0.717) is 30.5 Å². The Hall–Kier alpha value is -2.42. The molecule has 5 nitrogen and oxygen atoms in total. The van der Waals surface area contributed by atoms with Crippen molar-refractivity contribution in [1.29, 1.82) is 0 Å². The van der Waals surface area contributed by atoms with Crippen molar-refractivity contribution >= 4 is 17.7 Å². The number of nitrogens with zero attached hydrogens (tertiary/aromatic N) is 2. The number of rotatable bonds is 4. The summed E-state index contributed by atoms with van der Waals surface area (Å²) in [5.41, 5.74) is 0.204. The Morgan fingerprint density at radius 3 is 2.67 bits per heavy atom. The van der Waals surface area contributed by atoms with E-state index in [-0.39, 0.29) is 17.7 Å². The van der Waals surface area contributed by atoms with Gasteiger partial charge in [0.05, 0.1) is 35.6 Å². The molecule has 160 valence electrons. The number of ether oxygens (including phenoxy) is 2. The molecule has 0 N–H and O–H groups in total. The predicted octanol–water partition coefficient (Wildman–Crippen LogP) is 4.72. The Morgan fingerprint density at radius 1 is 1.13 bits per heavy atom. The van der Waals surface area contributed by atoms with Crippen LogP contribution in [-0.2, 0) is 11.0 Å². The number of thioether (sulfide) groups is 1. The van der Waals surface area contributed by atoms with Crippen LogP contribution < -0.4 is 9.47 Å². The molecule has 1 fully saturated rings. The van der Waals surface area contributed by atoms with E-state index in [9.17, 15) is 18.0 Å². The number of amides is 1. The Bertz CT molecular complexity index is 905. The van der Waals surface area contributed by atoms with Gasteiger partial charge in [0.15, 0.2) is 11.5 Å². The lowest BCUT2D eigenvalue weighted by atomic mass is 10.0. The van der Waals surface area contributed by atoms with Gasteiger partial charge in [-0.25, -0.2) is 4.98 Å². The van der Waals surface area contributed by atoms with Crippen LogP contribution in [0.15, 0.2) is 41.6 Å². The number of hydrogen-bond acceptors (Lipinski definition) is 5. The second-order valence-corrected chi connectivity index (χ2v) is 8.17. The highest BCUT2D eigenvalue weighted by Crippen LogP contribution is 2.38. The first-order valence-electron chi connectivity index (χ1n) is 9.77. The molecule has 9 heteroatoms. The number of benzene rings is 1. The molecule has 2 aromatic rings. The van der Waals surface area contributed by atoms with Crippen LogP contribution in [0, 0.1) is 0 Å². The van der Waals surface area contributed by atoms with Gasteiger partial charge in [-0.3, -0.25) is 4.79 Å². The van der Waals surface area contributed by atoms with E-state index in [4.69, 9.17) is 9.47 Å². The lowest BCUT2D eigenvalue weighted by molar-refractivity contribution is -0.138. The first-order valence-corrected chi connectivity index (χ1v) is 10.8. The van der Waals surface area contributed by atoms with Crippen molar-refractivity contribution < 1.29 is 27.4 Å². The van der Waals surface area contributed by atoms with Gasteiger partial charge in [-0.1, -0.05) is 17.8 Å². The summed E-state index contributed by atoms with van der Waals surface area (Å²) in [6.07, 6.45) is -1.05. The van der Waals surface area contributed by atoms with Crippen LogP contribution >= 0.6 is 11.8 Å². The van der Waals surface area contributed by atoms with E-state index in [0.717, 1.165) is 54.6 Å². The fraction of sp³-hybridized carbons (Fsp3) is 0.429. The van der Waals surface area contributed by atoms with Crippen molar-refractivity contribution in [1.82, 2.24) is 9.88 Å². The number of fused-ring (bicyclic) bond motifs is 1. The Morgan fingerprint density at radius 2 is 1.93 bits per heavy atom. The van der Waals surface area contributed by atoms with Gasteiger partial charge >= 0.3 is 6.18 Å². The van der Waals surface area contributed by atoms with Gasteiger partial charge in [0.2, 0.25) is 5.91 Å². The molecule has 2 aliphatic heterocycles. The van der Waals surface area contributed by atoms with E-state index in [1.807, 2.05) is 23.1 Å². The third kappa shape index (κ3) is 4.66. The standard InChI is InChI=1S/C21H21F3N2O3S/c22-21(23,24)15-5-7-19(25-12-15)30-13-20(27)26-8-1-3-16(26)14-4-6-17-18(11-14)29-10-2-9-28-17/h4-7,11-12,16H,1-3,8-10,13H2/t16-/m1/s1. The molecule has 0 bridgehead atoms. The van der Waals surface area contributed by atoms with Crippen molar-refractivity contribution in [2.24, 2.45) is 0 Å². The number of carbonyl (C=O) groups is 1. The average molecular weight is 438 g/mol. The molecular formula is C21H21F3N2O3S. The number of aromatic nitrogens is 1. The normalized spacial score (nSPS) is 18.9. The van der Waals surface area contributed by atoms with Crippen molar-refractivity contribution in [3.8, 4) is 11.5 Å². The Labute approximate surface area is 176 Å². The molecule has 1 aromatic heterocycles. The molecule has 0 radical (unpaired) electrons. The van der Waals surface area contributed by atoms with Crippen LogP contribution in [0.4, 0.5) is 13.2 Å². The molecule has 0 spiro atoms. The summed E-state index contributed by atoms with van der Waals surface area (Å²) in [4.78, 5) is 18.5.